The van der Waals surface area contributed by atoms with Crippen LogP contribution >= 0.6 is 0 Å². The molecule has 0 unspecified atom stereocenters. The third kappa shape index (κ3) is 3.88. The molecule has 5 aromatic rings. The van der Waals surface area contributed by atoms with Gasteiger partial charge in [0.15, 0.2) is 17.3 Å². The molecule has 36 heavy (non-hydrogen) atoms. The molecule has 180 valence electrons. The molecular weight excluding hydrogens is 454 g/mol. The summed E-state index contributed by atoms with van der Waals surface area (Å²) in [7, 11) is 0. The van der Waals surface area contributed by atoms with Gasteiger partial charge in [0, 0.05) is 17.9 Å². The summed E-state index contributed by atoms with van der Waals surface area (Å²) in [5.74, 6) is 2.51. The normalized spacial score (nSPS) is 15.1. The molecule has 1 N–H and O–H groups in total. The number of hydrogen-bond donors (Lipinski definition) is 1. The van der Waals surface area contributed by atoms with Gasteiger partial charge in [-0.3, -0.25) is 4.79 Å². The summed E-state index contributed by atoms with van der Waals surface area (Å²) in [6.07, 6.45) is 0.347. The first-order valence-electron chi connectivity index (χ1n) is 11.8. The van der Waals surface area contributed by atoms with Crippen LogP contribution in [-0.2, 0) is 11.4 Å². The number of benzene rings is 2. The molecule has 0 spiro atoms. The third-order valence-corrected chi connectivity index (χ3v) is 6.53. The largest absolute Gasteiger partial charge is 0.489 e. The summed E-state index contributed by atoms with van der Waals surface area (Å²) in [5, 5.41) is 20.6. The quantitative estimate of drug-likeness (QED) is 0.404. The van der Waals surface area contributed by atoms with E-state index in [1.165, 1.54) is 5.56 Å². The maximum Gasteiger partial charge on any atom is 0.226 e. The zero-order chi connectivity index (χ0) is 24.8. The highest BCUT2D eigenvalue weighted by Crippen LogP contribution is 2.40. The van der Waals surface area contributed by atoms with Gasteiger partial charge < -0.3 is 10.1 Å². The van der Waals surface area contributed by atoms with Gasteiger partial charge in [0.25, 0.3) is 0 Å². The number of nitrogens with zero attached hydrogens (tertiary/aromatic N) is 6. The molecule has 1 amide bonds. The maximum atomic E-state index is 12.8. The molecule has 1 aliphatic rings. The molecule has 9 heteroatoms. The van der Waals surface area contributed by atoms with E-state index >= 15 is 0 Å². The van der Waals surface area contributed by atoms with E-state index in [1.807, 2.05) is 50.2 Å². The number of amides is 1. The van der Waals surface area contributed by atoms with Crippen LogP contribution in [-0.4, -0.2) is 35.5 Å². The molecule has 0 saturated heterocycles. The number of nitrogens with one attached hydrogen (secondary N) is 1. The summed E-state index contributed by atoms with van der Waals surface area (Å²) in [6, 6.07) is 19.9. The fraction of sp³-hybridized carbons (Fsp3) is 0.222. The number of rotatable bonds is 5. The molecule has 6 rings (SSSR count). The second kappa shape index (κ2) is 8.60. The second-order valence-electron chi connectivity index (χ2n) is 9.12. The summed E-state index contributed by atoms with van der Waals surface area (Å²) in [6.45, 7) is 6.37. The van der Waals surface area contributed by atoms with Crippen LogP contribution in [0.4, 0.5) is 5.82 Å². The van der Waals surface area contributed by atoms with Crippen LogP contribution < -0.4 is 10.1 Å². The maximum absolute atomic E-state index is 12.8. The van der Waals surface area contributed by atoms with Gasteiger partial charge >= 0.3 is 0 Å². The lowest BCUT2D eigenvalue weighted by Crippen LogP contribution is -2.25. The molecule has 4 heterocycles. The van der Waals surface area contributed by atoms with Crippen molar-refractivity contribution in [2.24, 2.45) is 0 Å². The van der Waals surface area contributed by atoms with Gasteiger partial charge in [-0.1, -0.05) is 42.0 Å². The first kappa shape index (κ1) is 22.0. The highest BCUT2D eigenvalue weighted by Gasteiger charge is 2.33. The molecule has 0 aliphatic carbocycles. The van der Waals surface area contributed by atoms with E-state index in [2.05, 4.69) is 51.8 Å². The molecule has 9 nitrogen and oxygen atoms in total. The van der Waals surface area contributed by atoms with E-state index in [9.17, 15) is 4.79 Å². The van der Waals surface area contributed by atoms with Crippen molar-refractivity contribution in [3.63, 3.8) is 0 Å². The lowest BCUT2D eigenvalue weighted by molar-refractivity contribution is -0.116. The Balaban J connectivity index is 1.30. The minimum atomic E-state index is -0.117. The summed E-state index contributed by atoms with van der Waals surface area (Å²) < 4.78 is 9.32. The summed E-state index contributed by atoms with van der Waals surface area (Å²) >= 11 is 0. The summed E-state index contributed by atoms with van der Waals surface area (Å²) in [4.78, 5) is 12.8. The molecule has 0 saturated carbocycles. The zero-order valence-electron chi connectivity index (χ0n) is 20.3. The number of carbonyl (C=O) groups excluding carboxylic acids is 1. The van der Waals surface area contributed by atoms with Crippen molar-refractivity contribution in [3.8, 4) is 11.6 Å². The molecule has 1 aliphatic heterocycles. The Morgan fingerprint density at radius 3 is 2.50 bits per heavy atom. The van der Waals surface area contributed by atoms with Gasteiger partial charge in [0.2, 0.25) is 5.91 Å². The molecule has 3 aromatic heterocycles. The Morgan fingerprint density at radius 2 is 1.72 bits per heavy atom. The SMILES string of the molecule is Cc1ccc(COc2ccc([C@H]3CC(=O)Nc4c3c(C)nn4-c3ccc4nnc(C)n4n3)cc2)cc1. The topological polar surface area (TPSA) is 99.2 Å². The fourth-order valence-electron chi connectivity index (χ4n) is 4.64. The monoisotopic (exact) mass is 479 g/mol. The predicted molar refractivity (Wildman–Crippen MR) is 134 cm³/mol. The van der Waals surface area contributed by atoms with Crippen LogP contribution in [0, 0.1) is 20.8 Å². The van der Waals surface area contributed by atoms with E-state index in [0.29, 0.717) is 36.1 Å². The van der Waals surface area contributed by atoms with Gasteiger partial charge in [-0.15, -0.1) is 15.3 Å². The van der Waals surface area contributed by atoms with Crippen LogP contribution in [0.5, 0.6) is 5.75 Å². The van der Waals surface area contributed by atoms with Crippen LogP contribution in [0.1, 0.15) is 46.1 Å². The number of fused-ring (bicyclic) bond motifs is 2. The Labute approximate surface area is 207 Å². The van der Waals surface area contributed by atoms with Crippen LogP contribution in [0.3, 0.4) is 0 Å². The average Bonchev–Trinajstić information content (AvgIpc) is 3.42. The van der Waals surface area contributed by atoms with E-state index in [-0.39, 0.29) is 11.8 Å². The van der Waals surface area contributed by atoms with Crippen LogP contribution in [0.15, 0.2) is 60.7 Å². The van der Waals surface area contributed by atoms with Gasteiger partial charge in [-0.25, -0.2) is 0 Å². The van der Waals surface area contributed by atoms with Crippen molar-refractivity contribution in [3.05, 3.63) is 94.4 Å². The van der Waals surface area contributed by atoms with E-state index in [0.717, 1.165) is 28.1 Å². The number of hydrogen-bond acceptors (Lipinski definition) is 6. The first-order chi connectivity index (χ1) is 17.5. The van der Waals surface area contributed by atoms with E-state index < -0.39 is 0 Å². The van der Waals surface area contributed by atoms with Crippen molar-refractivity contribution in [2.75, 3.05) is 5.32 Å². The lowest BCUT2D eigenvalue weighted by Gasteiger charge is -2.24. The molecule has 0 radical (unpaired) electrons. The molecule has 0 fully saturated rings. The Hall–Kier alpha value is -4.53. The highest BCUT2D eigenvalue weighted by molar-refractivity contribution is 5.95. The second-order valence-corrected chi connectivity index (χ2v) is 9.12. The third-order valence-electron chi connectivity index (χ3n) is 6.53. The van der Waals surface area contributed by atoms with Gasteiger partial charge in [0.05, 0.1) is 5.69 Å². The first-order valence-corrected chi connectivity index (χ1v) is 11.8. The summed E-state index contributed by atoms with van der Waals surface area (Å²) in [5.41, 5.74) is 5.87. The number of aryl methyl sites for hydroxylation is 3. The van der Waals surface area contributed by atoms with Crippen molar-refractivity contribution >= 4 is 17.4 Å². The van der Waals surface area contributed by atoms with Gasteiger partial charge in [-0.05, 0) is 56.2 Å². The highest BCUT2D eigenvalue weighted by atomic mass is 16.5. The smallest absolute Gasteiger partial charge is 0.226 e. The zero-order valence-corrected chi connectivity index (χ0v) is 20.3. The van der Waals surface area contributed by atoms with Crippen molar-refractivity contribution < 1.29 is 9.53 Å². The molecule has 1 atom stereocenters. The average molecular weight is 480 g/mol. The van der Waals surface area contributed by atoms with Gasteiger partial charge in [0.1, 0.15) is 18.2 Å². The molecular formula is C27H25N7O2. The standard InChI is InChI=1S/C27H25N7O2/c1-16-4-6-19(7-5-16)15-36-21-10-8-20(9-11-21)22-14-25(35)28-27-26(22)17(2)31-34(27)24-13-12-23-30-29-18(3)33(23)32-24/h4-13,22H,14-15H2,1-3H3,(H,28,35)/t22-/m1/s1. The molecule has 2 aromatic carbocycles. The van der Waals surface area contributed by atoms with Gasteiger partial charge in [-0.2, -0.15) is 14.3 Å². The number of aromatic nitrogens is 6. The molecule has 0 bridgehead atoms. The lowest BCUT2D eigenvalue weighted by atomic mass is 9.86. The fourth-order valence-corrected chi connectivity index (χ4v) is 4.64. The Morgan fingerprint density at radius 1 is 0.944 bits per heavy atom. The van der Waals surface area contributed by atoms with Crippen molar-refractivity contribution in [1.82, 2.24) is 29.6 Å². The number of carbonyl (C=O) groups is 1. The van der Waals surface area contributed by atoms with Crippen LogP contribution in [0.2, 0.25) is 0 Å². The Bertz CT molecular complexity index is 1580. The number of anilines is 1. The predicted octanol–water partition coefficient (Wildman–Crippen LogP) is 4.29. The van der Waals surface area contributed by atoms with Crippen LogP contribution in [0.25, 0.3) is 11.5 Å². The van der Waals surface area contributed by atoms with E-state index in [1.54, 1.807) is 9.20 Å². The number of ether oxygens (including phenoxy) is 1. The van der Waals surface area contributed by atoms with E-state index in [4.69, 9.17) is 9.84 Å². The minimum absolute atomic E-state index is 0.0603. The van der Waals surface area contributed by atoms with Crippen molar-refractivity contribution in [1.29, 1.82) is 0 Å². The van der Waals surface area contributed by atoms with Crippen molar-refractivity contribution in [2.45, 2.75) is 39.7 Å². The Kier molecular flexibility index (Phi) is 5.25. The minimum Gasteiger partial charge on any atom is -0.489 e.